The van der Waals surface area contributed by atoms with E-state index < -0.39 is 10.7 Å². The smallest absolute Gasteiger partial charge is 0.320 e. The number of aliphatic carboxylic acids is 1. The molecule has 0 amide bonds. The van der Waals surface area contributed by atoms with Crippen molar-refractivity contribution in [3.05, 3.63) is 0 Å². The molecule has 1 saturated heterocycles. The summed E-state index contributed by atoms with van der Waals surface area (Å²) in [6, 6.07) is 0. The minimum absolute atomic E-state index is 0.483. The van der Waals surface area contributed by atoms with E-state index in [4.69, 9.17) is 5.11 Å². The predicted molar refractivity (Wildman–Crippen MR) is 50.4 cm³/mol. The van der Waals surface area contributed by atoms with Gasteiger partial charge in [-0.25, -0.2) is 0 Å². The van der Waals surface area contributed by atoms with E-state index in [9.17, 15) is 4.79 Å². The Bertz CT molecular complexity index is 153. The zero-order chi connectivity index (χ0) is 8.32. The third-order valence-electron chi connectivity index (χ3n) is 1.90. The van der Waals surface area contributed by atoms with Gasteiger partial charge in [0, 0.05) is 17.3 Å². The van der Waals surface area contributed by atoms with Crippen molar-refractivity contribution in [2.45, 2.75) is 18.1 Å². The Morgan fingerprint density at radius 2 is 2.36 bits per heavy atom. The van der Waals surface area contributed by atoms with Gasteiger partial charge in [0.1, 0.15) is 4.75 Å². The van der Waals surface area contributed by atoms with Gasteiger partial charge in [-0.15, -0.1) is 11.8 Å². The van der Waals surface area contributed by atoms with Crippen molar-refractivity contribution in [1.82, 2.24) is 0 Å². The Kier molecular flexibility index (Phi) is 3.13. The van der Waals surface area contributed by atoms with E-state index in [0.717, 1.165) is 23.7 Å². The van der Waals surface area contributed by atoms with E-state index in [1.54, 1.807) is 23.5 Å². The molecule has 64 valence electrons. The zero-order valence-electron chi connectivity index (χ0n) is 6.50. The summed E-state index contributed by atoms with van der Waals surface area (Å²) in [5.74, 6) is 2.20. The molecule has 0 aliphatic carbocycles. The summed E-state index contributed by atoms with van der Waals surface area (Å²) in [5.41, 5.74) is 0. The molecule has 11 heavy (non-hydrogen) atoms. The summed E-state index contributed by atoms with van der Waals surface area (Å²) in [7, 11) is 0. The summed E-state index contributed by atoms with van der Waals surface area (Å²) < 4.78 is -0.483. The molecule has 1 heterocycles. The van der Waals surface area contributed by atoms with E-state index in [-0.39, 0.29) is 0 Å². The average Bonchev–Trinajstić information content (AvgIpc) is 2.05. The van der Waals surface area contributed by atoms with Crippen LogP contribution in [0.3, 0.4) is 0 Å². The van der Waals surface area contributed by atoms with Crippen molar-refractivity contribution >= 4 is 29.5 Å². The fourth-order valence-corrected chi connectivity index (χ4v) is 3.96. The minimum Gasteiger partial charge on any atom is -0.480 e. The molecule has 0 bridgehead atoms. The molecule has 0 saturated carbocycles. The lowest BCUT2D eigenvalue weighted by Crippen LogP contribution is -2.39. The van der Waals surface area contributed by atoms with Crippen LogP contribution in [0.15, 0.2) is 0 Å². The molecule has 0 aromatic carbocycles. The molecule has 2 nitrogen and oxygen atoms in total. The topological polar surface area (TPSA) is 37.3 Å². The van der Waals surface area contributed by atoms with Gasteiger partial charge in [0.25, 0.3) is 0 Å². The van der Waals surface area contributed by atoms with Gasteiger partial charge in [-0.1, -0.05) is 6.92 Å². The number of hydrogen-bond acceptors (Lipinski definition) is 3. The van der Waals surface area contributed by atoms with Crippen molar-refractivity contribution in [2.24, 2.45) is 0 Å². The SMILES string of the molecule is CCC1(C(=O)O)CSCCS1. The lowest BCUT2D eigenvalue weighted by Gasteiger charge is -2.30. The van der Waals surface area contributed by atoms with Crippen LogP contribution in [0.25, 0.3) is 0 Å². The van der Waals surface area contributed by atoms with E-state index in [1.165, 1.54) is 0 Å². The number of rotatable bonds is 2. The van der Waals surface area contributed by atoms with Gasteiger partial charge in [-0.2, -0.15) is 11.8 Å². The lowest BCUT2D eigenvalue weighted by molar-refractivity contribution is -0.139. The maximum absolute atomic E-state index is 10.9. The highest BCUT2D eigenvalue weighted by Crippen LogP contribution is 2.37. The van der Waals surface area contributed by atoms with Crippen LogP contribution in [0.1, 0.15) is 13.3 Å². The van der Waals surface area contributed by atoms with Crippen molar-refractivity contribution in [1.29, 1.82) is 0 Å². The van der Waals surface area contributed by atoms with Crippen LogP contribution < -0.4 is 0 Å². The number of carboxylic acids is 1. The quantitative estimate of drug-likeness (QED) is 0.722. The number of carbonyl (C=O) groups is 1. The molecule has 1 atom stereocenters. The summed E-state index contributed by atoms with van der Waals surface area (Å²) in [6.45, 7) is 1.95. The molecule has 1 aliphatic heterocycles. The lowest BCUT2D eigenvalue weighted by atomic mass is 10.1. The second-order valence-corrected chi connectivity index (χ2v) is 5.14. The fourth-order valence-electron chi connectivity index (χ4n) is 1.05. The monoisotopic (exact) mass is 192 g/mol. The minimum atomic E-state index is -0.641. The summed E-state index contributed by atoms with van der Waals surface area (Å²) in [6.07, 6.45) is 0.736. The molecule has 0 aromatic rings. The van der Waals surface area contributed by atoms with Gasteiger partial charge in [0.2, 0.25) is 0 Å². The van der Waals surface area contributed by atoms with Gasteiger partial charge in [-0.05, 0) is 6.42 Å². The molecular formula is C7H12O2S2. The third-order valence-corrected chi connectivity index (χ3v) is 5.10. The molecule has 1 fully saturated rings. The standard InChI is InChI=1S/C7H12O2S2/c1-2-7(6(8)9)5-10-3-4-11-7/h2-5H2,1H3,(H,8,9). The summed E-state index contributed by atoms with van der Waals surface area (Å²) >= 11 is 3.35. The Morgan fingerprint density at radius 3 is 2.64 bits per heavy atom. The second-order valence-electron chi connectivity index (χ2n) is 2.55. The molecule has 0 radical (unpaired) electrons. The average molecular weight is 192 g/mol. The van der Waals surface area contributed by atoms with Crippen LogP contribution in [-0.4, -0.2) is 33.1 Å². The maximum atomic E-state index is 10.9. The molecule has 1 aliphatic rings. The predicted octanol–water partition coefficient (Wildman–Crippen LogP) is 1.70. The van der Waals surface area contributed by atoms with Gasteiger partial charge >= 0.3 is 5.97 Å². The molecular weight excluding hydrogens is 180 g/mol. The van der Waals surface area contributed by atoms with Crippen molar-refractivity contribution < 1.29 is 9.90 Å². The molecule has 0 spiro atoms. The van der Waals surface area contributed by atoms with Gasteiger partial charge in [0.15, 0.2) is 0 Å². The molecule has 1 unspecified atom stereocenters. The van der Waals surface area contributed by atoms with Crippen LogP contribution in [0.4, 0.5) is 0 Å². The number of thioether (sulfide) groups is 2. The first-order valence-electron chi connectivity index (χ1n) is 3.66. The second kappa shape index (κ2) is 3.72. The number of hydrogen-bond donors (Lipinski definition) is 1. The Labute approximate surface area is 75.1 Å². The van der Waals surface area contributed by atoms with Gasteiger partial charge in [-0.3, -0.25) is 4.79 Å². The molecule has 1 rings (SSSR count). The van der Waals surface area contributed by atoms with Crippen LogP contribution in [0, 0.1) is 0 Å². The first kappa shape index (κ1) is 9.26. The van der Waals surface area contributed by atoms with Crippen molar-refractivity contribution in [3.8, 4) is 0 Å². The summed E-state index contributed by atoms with van der Waals surface area (Å²) in [4.78, 5) is 10.9. The Morgan fingerprint density at radius 1 is 1.64 bits per heavy atom. The normalized spacial score (nSPS) is 31.7. The van der Waals surface area contributed by atoms with Gasteiger partial charge < -0.3 is 5.11 Å². The van der Waals surface area contributed by atoms with E-state index in [1.807, 2.05) is 6.92 Å². The van der Waals surface area contributed by atoms with Crippen LogP contribution in [-0.2, 0) is 4.79 Å². The summed E-state index contributed by atoms with van der Waals surface area (Å²) in [5, 5.41) is 8.95. The van der Waals surface area contributed by atoms with E-state index in [0.29, 0.717) is 0 Å². The third kappa shape index (κ3) is 1.85. The highest BCUT2D eigenvalue weighted by atomic mass is 32.2. The Balaban J connectivity index is 2.64. The van der Waals surface area contributed by atoms with Crippen LogP contribution in [0.2, 0.25) is 0 Å². The molecule has 4 heteroatoms. The molecule has 0 aromatic heterocycles. The number of carboxylic acid groups (broad SMARTS) is 1. The zero-order valence-corrected chi connectivity index (χ0v) is 8.13. The first-order valence-corrected chi connectivity index (χ1v) is 5.80. The van der Waals surface area contributed by atoms with Crippen molar-refractivity contribution in [3.63, 3.8) is 0 Å². The highest BCUT2D eigenvalue weighted by Gasteiger charge is 2.38. The van der Waals surface area contributed by atoms with Crippen LogP contribution in [0.5, 0.6) is 0 Å². The van der Waals surface area contributed by atoms with Crippen molar-refractivity contribution in [2.75, 3.05) is 17.3 Å². The van der Waals surface area contributed by atoms with Gasteiger partial charge in [0.05, 0.1) is 0 Å². The molecule has 1 N–H and O–H groups in total. The van der Waals surface area contributed by atoms with E-state index in [2.05, 4.69) is 0 Å². The Hall–Kier alpha value is 0.170. The first-order chi connectivity index (χ1) is 5.21. The van der Waals surface area contributed by atoms with E-state index >= 15 is 0 Å². The fraction of sp³-hybridized carbons (Fsp3) is 0.857. The highest BCUT2D eigenvalue weighted by molar-refractivity contribution is 8.07. The largest absolute Gasteiger partial charge is 0.480 e. The maximum Gasteiger partial charge on any atom is 0.320 e. The van der Waals surface area contributed by atoms with Crippen LogP contribution >= 0.6 is 23.5 Å².